The van der Waals surface area contributed by atoms with Crippen LogP contribution in [0, 0.1) is 0 Å². The lowest BCUT2D eigenvalue weighted by atomic mass is 10.1. The number of aromatic amines is 2. The quantitative estimate of drug-likeness (QED) is 0.459. The highest BCUT2D eigenvalue weighted by Crippen LogP contribution is 2.26. The molecule has 28 heavy (non-hydrogen) atoms. The number of H-pyrrole nitrogens is 2. The van der Waals surface area contributed by atoms with Gasteiger partial charge in [-0.15, -0.1) is 0 Å². The first kappa shape index (κ1) is 15.6. The van der Waals surface area contributed by atoms with E-state index in [1.165, 1.54) is 10.8 Å². The van der Waals surface area contributed by atoms with Crippen LogP contribution >= 0.6 is 0 Å². The van der Waals surface area contributed by atoms with Crippen LogP contribution in [0.3, 0.4) is 0 Å². The SMILES string of the molecule is c1ccc2c3cc4nc(cc5ccc(cc6nc(cc([nH]3)c2c1)CC6)[nH]5)CC4. The summed E-state index contributed by atoms with van der Waals surface area (Å²) in [6, 6.07) is 21.5. The molecule has 0 fully saturated rings. The molecule has 6 rings (SSSR count). The van der Waals surface area contributed by atoms with Gasteiger partial charge in [0.15, 0.2) is 0 Å². The number of aromatic nitrogens is 4. The van der Waals surface area contributed by atoms with Gasteiger partial charge in [-0.25, -0.2) is 0 Å². The highest BCUT2D eigenvalue weighted by molar-refractivity contribution is 6.06. The van der Waals surface area contributed by atoms with E-state index >= 15 is 0 Å². The third-order valence-electron chi connectivity index (χ3n) is 5.62. The van der Waals surface area contributed by atoms with Gasteiger partial charge in [-0.05, 0) is 62.1 Å². The maximum Gasteiger partial charge on any atom is 0.0483 e. The fourth-order valence-electron chi connectivity index (χ4n) is 4.27. The molecule has 0 radical (unpaired) electrons. The lowest BCUT2D eigenvalue weighted by Gasteiger charge is -1.89. The summed E-state index contributed by atoms with van der Waals surface area (Å²) in [6.45, 7) is 0. The van der Waals surface area contributed by atoms with E-state index in [0.29, 0.717) is 0 Å². The standard InChI is InChI=1S/C24H20N4/c1-2-4-22-21(3-1)23-13-19-9-7-17(26-19)11-15-5-6-16(25-15)12-18-8-10-20(27-18)14-24(22)28-23/h1-6,11-14,25,28H,7-10H2. The summed E-state index contributed by atoms with van der Waals surface area (Å²) >= 11 is 0. The Morgan fingerprint density at radius 1 is 0.536 bits per heavy atom. The van der Waals surface area contributed by atoms with Gasteiger partial charge in [-0.1, -0.05) is 24.3 Å². The topological polar surface area (TPSA) is 57.4 Å². The van der Waals surface area contributed by atoms with Crippen molar-refractivity contribution in [3.63, 3.8) is 0 Å². The minimum atomic E-state index is 0.975. The Morgan fingerprint density at radius 3 is 1.50 bits per heavy atom. The molecule has 2 aliphatic heterocycles. The van der Waals surface area contributed by atoms with Crippen molar-refractivity contribution in [3.05, 3.63) is 83.4 Å². The number of fused-ring (bicyclic) bond motifs is 11. The van der Waals surface area contributed by atoms with Crippen LogP contribution in [0.25, 0.3) is 32.8 Å². The molecule has 3 aromatic heterocycles. The number of hydrogen-bond acceptors (Lipinski definition) is 2. The highest BCUT2D eigenvalue weighted by atomic mass is 14.8. The monoisotopic (exact) mass is 364 g/mol. The second-order valence-corrected chi connectivity index (χ2v) is 7.63. The molecule has 136 valence electrons. The molecule has 4 aromatic rings. The molecule has 2 N–H and O–H groups in total. The Balaban J connectivity index is 1.74. The lowest BCUT2D eigenvalue weighted by molar-refractivity contribution is 1.02. The summed E-state index contributed by atoms with van der Waals surface area (Å²) in [5.41, 5.74) is 8.97. The summed E-state index contributed by atoms with van der Waals surface area (Å²) in [4.78, 5) is 16.8. The lowest BCUT2D eigenvalue weighted by Crippen LogP contribution is -1.78. The molecule has 5 heterocycles. The minimum absolute atomic E-state index is 0.975. The van der Waals surface area contributed by atoms with Gasteiger partial charge < -0.3 is 9.97 Å². The summed E-state index contributed by atoms with van der Waals surface area (Å²) < 4.78 is 0. The van der Waals surface area contributed by atoms with Gasteiger partial charge >= 0.3 is 0 Å². The average Bonchev–Trinajstić information content (AvgIpc) is 3.47. The molecule has 4 heteroatoms. The summed E-state index contributed by atoms with van der Waals surface area (Å²) in [5.74, 6) is 0. The molecule has 4 nitrogen and oxygen atoms in total. The highest BCUT2D eigenvalue weighted by Gasteiger charge is 2.10. The molecule has 0 aliphatic carbocycles. The molecular formula is C24H20N4. The predicted octanol–water partition coefficient (Wildman–Crippen LogP) is 5.04. The molecule has 0 atom stereocenters. The number of nitrogens with one attached hydrogen (secondary N) is 2. The number of aryl methyl sites for hydroxylation is 4. The summed E-state index contributed by atoms with van der Waals surface area (Å²) in [7, 11) is 0. The van der Waals surface area contributed by atoms with E-state index in [1.54, 1.807) is 0 Å². The Bertz CT molecular complexity index is 1270. The molecule has 1 aromatic carbocycles. The fraction of sp³-hybridized carbons (Fsp3) is 0.167. The van der Waals surface area contributed by atoms with Crippen molar-refractivity contribution in [2.24, 2.45) is 0 Å². The zero-order chi connectivity index (χ0) is 18.5. The van der Waals surface area contributed by atoms with Crippen LogP contribution in [-0.4, -0.2) is 19.9 Å². The van der Waals surface area contributed by atoms with Gasteiger partial charge in [-0.3, -0.25) is 9.97 Å². The zero-order valence-corrected chi connectivity index (χ0v) is 15.5. The third-order valence-corrected chi connectivity index (χ3v) is 5.62. The molecule has 0 saturated heterocycles. The molecule has 0 amide bonds. The van der Waals surface area contributed by atoms with Crippen LogP contribution in [0.15, 0.2) is 60.7 Å². The Hall–Kier alpha value is -3.40. The van der Waals surface area contributed by atoms with Gasteiger partial charge in [0.1, 0.15) is 0 Å². The molecule has 8 bridgehead atoms. The van der Waals surface area contributed by atoms with Crippen LogP contribution in [0.2, 0.25) is 0 Å². The van der Waals surface area contributed by atoms with Crippen molar-refractivity contribution >= 4 is 32.8 Å². The summed E-state index contributed by atoms with van der Waals surface area (Å²) in [5, 5.41) is 2.47. The summed E-state index contributed by atoms with van der Waals surface area (Å²) in [6.07, 6.45) is 3.91. The molecule has 0 saturated carbocycles. The van der Waals surface area contributed by atoms with E-state index in [9.17, 15) is 0 Å². The number of benzene rings is 1. The molecule has 0 spiro atoms. The zero-order valence-electron chi connectivity index (χ0n) is 15.5. The molecule has 2 aliphatic rings. The van der Waals surface area contributed by atoms with Crippen molar-refractivity contribution in [3.8, 4) is 0 Å². The van der Waals surface area contributed by atoms with Crippen LogP contribution in [0.4, 0.5) is 0 Å². The van der Waals surface area contributed by atoms with Gasteiger partial charge in [0.25, 0.3) is 0 Å². The van der Waals surface area contributed by atoms with Gasteiger partial charge in [-0.2, -0.15) is 0 Å². The smallest absolute Gasteiger partial charge is 0.0483 e. The molecular weight excluding hydrogens is 344 g/mol. The predicted molar refractivity (Wildman–Crippen MR) is 113 cm³/mol. The Morgan fingerprint density at radius 2 is 1.00 bits per heavy atom. The largest absolute Gasteiger partial charge is 0.355 e. The first-order chi connectivity index (χ1) is 13.8. The first-order valence-corrected chi connectivity index (χ1v) is 9.86. The minimum Gasteiger partial charge on any atom is -0.355 e. The van der Waals surface area contributed by atoms with Crippen LogP contribution in [0.5, 0.6) is 0 Å². The van der Waals surface area contributed by atoms with Crippen molar-refractivity contribution in [2.75, 3.05) is 0 Å². The normalized spacial score (nSPS) is 13.9. The van der Waals surface area contributed by atoms with Gasteiger partial charge in [0, 0.05) is 55.6 Å². The fourth-order valence-corrected chi connectivity index (χ4v) is 4.27. The van der Waals surface area contributed by atoms with Crippen molar-refractivity contribution in [1.29, 1.82) is 0 Å². The number of nitrogens with zero attached hydrogens (tertiary/aromatic N) is 2. The first-order valence-electron chi connectivity index (χ1n) is 9.86. The van der Waals surface area contributed by atoms with Crippen molar-refractivity contribution in [1.82, 2.24) is 19.9 Å². The third kappa shape index (κ3) is 2.69. The van der Waals surface area contributed by atoms with Crippen LogP contribution in [0.1, 0.15) is 22.8 Å². The van der Waals surface area contributed by atoms with E-state index < -0.39 is 0 Å². The van der Waals surface area contributed by atoms with Crippen molar-refractivity contribution in [2.45, 2.75) is 25.7 Å². The van der Waals surface area contributed by atoms with Crippen LogP contribution < -0.4 is 0 Å². The van der Waals surface area contributed by atoms with E-state index in [4.69, 9.17) is 9.97 Å². The Kier molecular flexibility index (Phi) is 3.38. The number of rotatable bonds is 0. The van der Waals surface area contributed by atoms with E-state index in [0.717, 1.165) is 70.5 Å². The van der Waals surface area contributed by atoms with Crippen LogP contribution in [-0.2, 0) is 25.7 Å². The van der Waals surface area contributed by atoms with E-state index in [-0.39, 0.29) is 0 Å². The second kappa shape index (κ2) is 6.06. The maximum absolute atomic E-state index is 4.86. The van der Waals surface area contributed by atoms with Crippen molar-refractivity contribution < 1.29 is 0 Å². The van der Waals surface area contributed by atoms with E-state index in [1.807, 2.05) is 0 Å². The number of hydrogen-bond donors (Lipinski definition) is 2. The van der Waals surface area contributed by atoms with Gasteiger partial charge in [0.2, 0.25) is 0 Å². The average molecular weight is 364 g/mol. The van der Waals surface area contributed by atoms with E-state index in [2.05, 4.69) is 70.6 Å². The maximum atomic E-state index is 4.86. The second-order valence-electron chi connectivity index (χ2n) is 7.63. The molecule has 0 unspecified atom stereocenters. The van der Waals surface area contributed by atoms with Gasteiger partial charge in [0.05, 0.1) is 0 Å². The Labute approximate surface area is 162 Å².